The first-order valence-electron chi connectivity index (χ1n) is 7.73. The van der Waals surface area contributed by atoms with E-state index in [4.69, 9.17) is 37.1 Å². The number of hydrogen-bond acceptors (Lipinski definition) is 11. The van der Waals surface area contributed by atoms with E-state index in [0.717, 1.165) is 0 Å². The van der Waals surface area contributed by atoms with E-state index in [9.17, 15) is 5.11 Å². The van der Waals surface area contributed by atoms with Crippen LogP contribution in [0.4, 0.5) is 0 Å². The molecule has 0 aromatic rings. The summed E-state index contributed by atoms with van der Waals surface area (Å²) < 4.78 is 0. The summed E-state index contributed by atoms with van der Waals surface area (Å²) in [5, 5.41) is 51.2. The normalized spacial score (nSPS) is 9.50. The molecule has 0 radical (unpaired) electrons. The van der Waals surface area contributed by atoms with E-state index >= 15 is 0 Å². The molecule has 0 rings (SSSR count). The molecule has 0 saturated heterocycles. The average molecular weight is 576 g/mol. The van der Waals surface area contributed by atoms with Gasteiger partial charge in [-0.25, -0.2) is 0 Å². The fraction of sp³-hybridized carbons (Fsp3) is 1.00. The molecule has 0 aromatic heterocycles. The summed E-state index contributed by atoms with van der Waals surface area (Å²) >= 11 is 13.6. The standard InChI is InChI=1S/C7H16O3S2.C5H11ClO2S.C2H6OS.CH4.ClH.2Na.H2O/c8-1-3-11-5-7(10)6-12-4-2-9;6-3-5(8)4-9-2-1-7;3-1-2-4;;;;;/h7-10H,1-6H2;5,7-8H,1-4H2;3-4H,1-2H2;1H4;1H;;;1H2/q;;;;;2*+1;/p-2. The van der Waals surface area contributed by atoms with Gasteiger partial charge in [-0.05, 0) is 0 Å². The molecule has 0 amide bonds. The number of hydrogen-bond donors (Lipinski definition) is 7. The number of aliphatic hydroxyl groups excluding tert-OH is 6. The van der Waals surface area contributed by atoms with Crippen molar-refractivity contribution in [3.63, 3.8) is 0 Å². The van der Waals surface area contributed by atoms with Crippen LogP contribution in [0.1, 0.15) is 7.43 Å². The van der Waals surface area contributed by atoms with Gasteiger partial charge in [0.05, 0.1) is 38.6 Å². The van der Waals surface area contributed by atoms with Crippen molar-refractivity contribution in [1.82, 2.24) is 0 Å². The number of rotatable bonds is 14. The van der Waals surface area contributed by atoms with E-state index in [1.54, 1.807) is 23.5 Å². The van der Waals surface area contributed by atoms with Crippen molar-refractivity contribution in [1.29, 1.82) is 0 Å². The maximum absolute atomic E-state index is 9.30. The molecule has 180 valence electrons. The summed E-state index contributed by atoms with van der Waals surface area (Å²) in [5.74, 6) is 4.83. The predicted molar refractivity (Wildman–Crippen MR) is 126 cm³/mol. The second kappa shape index (κ2) is 53.9. The predicted octanol–water partition coefficient (Wildman–Crippen LogP) is -8.51. The third-order valence-corrected chi connectivity index (χ3v) is 5.75. The fourth-order valence-electron chi connectivity index (χ4n) is 0.944. The van der Waals surface area contributed by atoms with Gasteiger partial charge in [0, 0.05) is 46.1 Å². The Hall–Kier alpha value is 3.70. The Kier molecular flexibility index (Phi) is 98.0. The topological polar surface area (TPSA) is 151 Å². The van der Waals surface area contributed by atoms with Gasteiger partial charge in [0.15, 0.2) is 0 Å². The van der Waals surface area contributed by atoms with Crippen molar-refractivity contribution >= 4 is 59.5 Å². The zero-order valence-electron chi connectivity index (χ0n) is 17.2. The summed E-state index contributed by atoms with van der Waals surface area (Å²) in [5.41, 5.74) is 0. The Bertz CT molecular complexity index is 229. The van der Waals surface area contributed by atoms with Crippen LogP contribution in [0.25, 0.3) is 0 Å². The van der Waals surface area contributed by atoms with E-state index in [1.807, 2.05) is 0 Å². The number of aliphatic hydroxyl groups is 6. The molecule has 7 nitrogen and oxygen atoms in total. The minimum atomic E-state index is -0.428. The largest absolute Gasteiger partial charge is 1.00 e. The summed E-state index contributed by atoms with van der Waals surface area (Å²) in [6.45, 7) is 0.686. The van der Waals surface area contributed by atoms with Crippen LogP contribution in [0, 0.1) is 0 Å². The minimum Gasteiger partial charge on any atom is -1.00 e. The maximum Gasteiger partial charge on any atom is 1.00 e. The van der Waals surface area contributed by atoms with Gasteiger partial charge < -0.3 is 48.5 Å². The van der Waals surface area contributed by atoms with Crippen LogP contribution in [0.2, 0.25) is 0 Å². The van der Waals surface area contributed by atoms with Crippen molar-refractivity contribution in [2.45, 2.75) is 19.6 Å². The van der Waals surface area contributed by atoms with E-state index in [-0.39, 0.29) is 123 Å². The minimum absolute atomic E-state index is 0. The van der Waals surface area contributed by atoms with Crippen molar-refractivity contribution in [2.24, 2.45) is 0 Å². The number of halogens is 2. The monoisotopic (exact) mass is 574 g/mol. The molecule has 1 atom stereocenters. The van der Waals surface area contributed by atoms with E-state index < -0.39 is 6.10 Å². The van der Waals surface area contributed by atoms with E-state index in [0.29, 0.717) is 40.3 Å². The van der Waals surface area contributed by atoms with Crippen molar-refractivity contribution in [3.8, 4) is 0 Å². The molecule has 0 fully saturated rings. The van der Waals surface area contributed by atoms with Gasteiger partial charge in [0.1, 0.15) is 0 Å². The third-order valence-electron chi connectivity index (χ3n) is 1.92. The maximum atomic E-state index is 9.30. The first kappa shape index (κ1) is 54.6. The molecule has 0 spiro atoms. The first-order valence-corrected chi connectivity index (χ1v) is 12.4. The van der Waals surface area contributed by atoms with Gasteiger partial charge in [-0.1, -0.05) is 7.43 Å². The third kappa shape index (κ3) is 63.4. The number of thioether (sulfide) groups is 3. The van der Waals surface area contributed by atoms with Gasteiger partial charge in [-0.2, -0.15) is 47.9 Å². The molecule has 15 heteroatoms. The van der Waals surface area contributed by atoms with Gasteiger partial charge in [-0.3, -0.25) is 0 Å². The molecule has 0 heterocycles. The number of thiol groups is 1. The Morgan fingerprint density at radius 2 is 0.967 bits per heavy atom. The average Bonchev–Trinajstić information content (AvgIpc) is 2.63. The SMILES string of the molecule is C.OCCS.OCCSCC(O)CCl.OCCSCC(O)CSCCO.[Cl-].[Na+].[Na+].[OH-]. The fourth-order valence-corrected chi connectivity index (χ4v) is 3.39. The Morgan fingerprint density at radius 1 is 0.700 bits per heavy atom. The molecule has 30 heavy (non-hydrogen) atoms. The van der Waals surface area contributed by atoms with Crippen LogP contribution in [0.3, 0.4) is 0 Å². The Morgan fingerprint density at radius 3 is 1.17 bits per heavy atom. The van der Waals surface area contributed by atoms with Crippen molar-refractivity contribution < 1.29 is 108 Å². The Labute approximate surface area is 256 Å². The molecule has 7 N–H and O–H groups in total. The second-order valence-corrected chi connectivity index (χ2v) is 8.51. The van der Waals surface area contributed by atoms with Gasteiger partial charge in [-0.15, -0.1) is 11.6 Å². The zero-order valence-corrected chi connectivity index (χ0v) is 26.1. The molecular formula is C15H38Cl2Na2O7S4. The molecular weight excluding hydrogens is 537 g/mol. The summed E-state index contributed by atoms with van der Waals surface area (Å²) in [7, 11) is 0. The summed E-state index contributed by atoms with van der Waals surface area (Å²) in [4.78, 5) is 0. The molecule has 0 bridgehead atoms. The van der Waals surface area contributed by atoms with Gasteiger partial charge in [0.2, 0.25) is 0 Å². The molecule has 0 saturated carbocycles. The number of alkyl halides is 1. The molecule has 0 aliphatic rings. The quantitative estimate of drug-likeness (QED) is 0.0461. The molecule has 0 aromatic carbocycles. The molecule has 1 unspecified atom stereocenters. The Balaban J connectivity index is -0.0000000406. The molecule has 0 aliphatic heterocycles. The summed E-state index contributed by atoms with van der Waals surface area (Å²) in [6.07, 6.45) is -0.749. The summed E-state index contributed by atoms with van der Waals surface area (Å²) in [6, 6.07) is 0. The van der Waals surface area contributed by atoms with Crippen LogP contribution in [-0.4, -0.2) is 121 Å². The van der Waals surface area contributed by atoms with E-state index in [2.05, 4.69) is 12.6 Å². The first-order chi connectivity index (χ1) is 12.0. The van der Waals surface area contributed by atoms with Gasteiger partial charge in [0.25, 0.3) is 0 Å². The zero-order chi connectivity index (χ0) is 19.8. The van der Waals surface area contributed by atoms with E-state index in [1.165, 1.54) is 11.8 Å². The van der Waals surface area contributed by atoms with Crippen molar-refractivity contribution in [2.75, 3.05) is 72.6 Å². The van der Waals surface area contributed by atoms with Crippen LogP contribution >= 0.6 is 59.5 Å². The van der Waals surface area contributed by atoms with Crippen LogP contribution in [-0.2, 0) is 0 Å². The van der Waals surface area contributed by atoms with Crippen LogP contribution in [0.15, 0.2) is 0 Å². The van der Waals surface area contributed by atoms with Crippen molar-refractivity contribution in [3.05, 3.63) is 0 Å². The van der Waals surface area contributed by atoms with Crippen LogP contribution in [0.5, 0.6) is 0 Å². The van der Waals surface area contributed by atoms with Gasteiger partial charge >= 0.3 is 59.1 Å². The molecule has 0 aliphatic carbocycles. The smallest absolute Gasteiger partial charge is 1.00 e. The van der Waals surface area contributed by atoms with Crippen LogP contribution < -0.4 is 71.5 Å². The second-order valence-electron chi connectivity index (χ2n) is 4.30.